The maximum atomic E-state index is 8.42. The second-order valence-corrected chi connectivity index (χ2v) is 11.0. The van der Waals surface area contributed by atoms with E-state index in [2.05, 4.69) is 54.6 Å². The lowest BCUT2D eigenvalue weighted by atomic mass is 10.0. The monoisotopic (exact) mass is 580 g/mol. The molecule has 9 rings (SSSR count). The Balaban J connectivity index is 1.21. The van der Waals surface area contributed by atoms with E-state index in [0.717, 1.165) is 54.6 Å². The van der Waals surface area contributed by atoms with Crippen molar-refractivity contribution in [1.29, 1.82) is 0 Å². The molecule has 0 amide bonds. The number of rotatable bonds is 4. The summed E-state index contributed by atoms with van der Waals surface area (Å²) in [5.41, 5.74) is 4.55. The molecule has 4 nitrogen and oxygen atoms in total. The van der Waals surface area contributed by atoms with Crippen LogP contribution in [0.1, 0.15) is 6.85 Å². The Morgan fingerprint density at radius 1 is 0.400 bits per heavy atom. The molecule has 0 N–H and O–H groups in total. The molecular weight excluding hydrogens is 550 g/mol. The van der Waals surface area contributed by atoms with Gasteiger partial charge >= 0.3 is 0 Å². The normalized spacial score (nSPS) is 13.1. The van der Waals surface area contributed by atoms with Crippen molar-refractivity contribution < 1.29 is 11.3 Å². The Bertz CT molecular complexity index is 2800. The van der Waals surface area contributed by atoms with Gasteiger partial charge in [-0.3, -0.25) is 0 Å². The molecule has 210 valence electrons. The van der Waals surface area contributed by atoms with Gasteiger partial charge in [-0.05, 0) is 69.1 Å². The molecule has 2 aromatic heterocycles. The molecule has 0 spiro atoms. The summed E-state index contributed by atoms with van der Waals surface area (Å²) in [7, 11) is 0. The van der Waals surface area contributed by atoms with Crippen LogP contribution in [-0.2, 0) is 0 Å². The van der Waals surface area contributed by atoms with Crippen molar-refractivity contribution in [2.75, 3.05) is 0 Å². The summed E-state index contributed by atoms with van der Waals surface area (Å²) in [4.78, 5) is 14.9. The SMILES string of the molecule is [2H]c1c([2H])c([2H])c(-c2ccc(-c3nc(-c4ccc5ccccc5c4)nc(-c4ccc5oc6cc7ccccc7cc6c5c4)n3)cc2)c([2H])c1[2H]. The minimum atomic E-state index is -0.422. The fourth-order valence-corrected chi connectivity index (χ4v) is 5.87. The lowest BCUT2D eigenvalue weighted by Gasteiger charge is -2.10. The van der Waals surface area contributed by atoms with Crippen LogP contribution < -0.4 is 0 Å². The molecule has 0 aliphatic carbocycles. The summed E-state index contributed by atoms with van der Waals surface area (Å²) < 4.78 is 47.2. The van der Waals surface area contributed by atoms with E-state index in [1.165, 1.54) is 0 Å². The molecule has 0 unspecified atom stereocenters. The number of furan rings is 1. The average molecular weight is 581 g/mol. The van der Waals surface area contributed by atoms with E-state index < -0.39 is 6.04 Å². The first-order valence-corrected chi connectivity index (χ1v) is 14.6. The van der Waals surface area contributed by atoms with Crippen molar-refractivity contribution in [2.45, 2.75) is 0 Å². The first kappa shape index (κ1) is 20.7. The van der Waals surface area contributed by atoms with E-state index in [1.54, 1.807) is 24.3 Å². The fourth-order valence-electron chi connectivity index (χ4n) is 5.87. The van der Waals surface area contributed by atoms with Crippen molar-refractivity contribution in [2.24, 2.45) is 0 Å². The summed E-state index contributed by atoms with van der Waals surface area (Å²) in [6.07, 6.45) is 0. The van der Waals surface area contributed by atoms with Crippen LogP contribution in [0.5, 0.6) is 0 Å². The second kappa shape index (κ2) is 10.2. The van der Waals surface area contributed by atoms with E-state index >= 15 is 0 Å². The second-order valence-electron chi connectivity index (χ2n) is 11.0. The molecule has 4 heteroatoms. The highest BCUT2D eigenvalue weighted by Gasteiger charge is 2.16. The number of hydrogen-bond acceptors (Lipinski definition) is 4. The van der Waals surface area contributed by atoms with E-state index in [9.17, 15) is 0 Å². The lowest BCUT2D eigenvalue weighted by molar-refractivity contribution is 0.669. The van der Waals surface area contributed by atoms with Gasteiger partial charge in [0.2, 0.25) is 0 Å². The molecule has 0 bridgehead atoms. The van der Waals surface area contributed by atoms with Crippen LogP contribution in [0.2, 0.25) is 0 Å². The van der Waals surface area contributed by atoms with Crippen LogP contribution in [0, 0.1) is 0 Å². The number of nitrogens with zero attached hydrogens (tertiary/aromatic N) is 3. The summed E-state index contributed by atoms with van der Waals surface area (Å²) in [5, 5.41) is 6.38. The van der Waals surface area contributed by atoms with Crippen molar-refractivity contribution in [1.82, 2.24) is 15.0 Å². The molecular formula is C41H25N3O. The first-order chi connectivity index (χ1) is 24.3. The summed E-state index contributed by atoms with van der Waals surface area (Å²) in [6, 6.07) is 38.0. The molecule has 45 heavy (non-hydrogen) atoms. The molecule has 0 saturated carbocycles. The average Bonchev–Trinajstić information content (AvgIpc) is 3.52. The molecule has 0 fully saturated rings. The highest BCUT2D eigenvalue weighted by atomic mass is 16.3. The number of aromatic nitrogens is 3. The van der Waals surface area contributed by atoms with Gasteiger partial charge in [-0.1, -0.05) is 115 Å². The molecule has 2 heterocycles. The van der Waals surface area contributed by atoms with E-state index in [1.807, 2.05) is 42.5 Å². The smallest absolute Gasteiger partial charge is 0.164 e. The molecule has 0 saturated heterocycles. The highest BCUT2D eigenvalue weighted by Crippen LogP contribution is 2.35. The van der Waals surface area contributed by atoms with Crippen molar-refractivity contribution >= 4 is 43.5 Å². The van der Waals surface area contributed by atoms with E-state index in [0.29, 0.717) is 28.6 Å². The van der Waals surface area contributed by atoms with Crippen LogP contribution in [0.15, 0.2) is 156 Å². The number of hydrogen-bond donors (Lipinski definition) is 0. The number of benzene rings is 7. The summed E-state index contributed by atoms with van der Waals surface area (Å²) >= 11 is 0. The van der Waals surface area contributed by atoms with Crippen LogP contribution in [-0.4, -0.2) is 15.0 Å². The van der Waals surface area contributed by atoms with Gasteiger partial charge in [-0.15, -0.1) is 0 Å². The summed E-state index contributed by atoms with van der Waals surface area (Å²) in [6.45, 7) is 0. The van der Waals surface area contributed by atoms with Crippen molar-refractivity contribution in [3.05, 3.63) is 152 Å². The molecule has 0 aliphatic heterocycles. The lowest BCUT2D eigenvalue weighted by Crippen LogP contribution is -2.00. The molecule has 0 atom stereocenters. The van der Waals surface area contributed by atoms with Crippen molar-refractivity contribution in [3.63, 3.8) is 0 Å². The summed E-state index contributed by atoms with van der Waals surface area (Å²) in [5.74, 6) is 1.44. The highest BCUT2D eigenvalue weighted by molar-refractivity contribution is 6.10. The van der Waals surface area contributed by atoms with Gasteiger partial charge in [-0.2, -0.15) is 0 Å². The zero-order chi connectivity index (χ0) is 34.1. The van der Waals surface area contributed by atoms with Crippen LogP contribution in [0.25, 0.3) is 88.8 Å². The maximum Gasteiger partial charge on any atom is 0.164 e. The van der Waals surface area contributed by atoms with Crippen molar-refractivity contribution in [3.8, 4) is 45.3 Å². The first-order valence-electron chi connectivity index (χ1n) is 17.1. The zero-order valence-corrected chi connectivity index (χ0v) is 23.8. The van der Waals surface area contributed by atoms with Gasteiger partial charge < -0.3 is 4.42 Å². The third-order valence-corrected chi connectivity index (χ3v) is 8.17. The van der Waals surface area contributed by atoms with E-state index in [4.69, 9.17) is 26.2 Å². The Kier molecular flexibility index (Phi) is 4.72. The van der Waals surface area contributed by atoms with Crippen LogP contribution >= 0.6 is 0 Å². The maximum absolute atomic E-state index is 8.42. The van der Waals surface area contributed by atoms with Gasteiger partial charge in [0.05, 0.1) is 6.85 Å². The molecule has 7 aromatic carbocycles. The molecule has 9 aromatic rings. The number of fused-ring (bicyclic) bond motifs is 5. The van der Waals surface area contributed by atoms with Gasteiger partial charge in [0.15, 0.2) is 17.5 Å². The standard InChI is InChI=1S/C41H25N3O/c1-2-8-26(9-3-1)28-14-17-29(18-15-28)39-42-40(33-19-16-27-10-4-5-11-30(27)22-33)44-41(43-39)34-20-21-37-35(24-34)36-23-31-12-6-7-13-32(31)25-38(36)45-37/h1-25H/i1D,2D,3D,8D,9D. The Morgan fingerprint density at radius 2 is 0.933 bits per heavy atom. The van der Waals surface area contributed by atoms with Crippen LogP contribution in [0.3, 0.4) is 0 Å². The fraction of sp³-hybridized carbons (Fsp3) is 0. The molecule has 0 aliphatic rings. The zero-order valence-electron chi connectivity index (χ0n) is 28.8. The van der Waals surface area contributed by atoms with Gasteiger partial charge in [0.25, 0.3) is 0 Å². The van der Waals surface area contributed by atoms with Gasteiger partial charge in [0.1, 0.15) is 11.2 Å². The van der Waals surface area contributed by atoms with Gasteiger partial charge in [-0.25, -0.2) is 15.0 Å². The predicted molar refractivity (Wildman–Crippen MR) is 184 cm³/mol. The molecule has 0 radical (unpaired) electrons. The predicted octanol–water partition coefficient (Wildman–Crippen LogP) is 10.7. The minimum Gasteiger partial charge on any atom is -0.456 e. The Labute approximate surface area is 266 Å². The van der Waals surface area contributed by atoms with Gasteiger partial charge in [0, 0.05) is 27.5 Å². The largest absolute Gasteiger partial charge is 0.456 e. The Morgan fingerprint density at radius 3 is 1.67 bits per heavy atom. The van der Waals surface area contributed by atoms with Crippen LogP contribution in [0.4, 0.5) is 0 Å². The Hall–Kier alpha value is -6.13. The quantitative estimate of drug-likeness (QED) is 0.208. The third-order valence-electron chi connectivity index (χ3n) is 8.17. The van der Waals surface area contributed by atoms with E-state index in [-0.39, 0.29) is 29.7 Å². The minimum absolute atomic E-state index is 0.143. The third kappa shape index (κ3) is 4.52. The topological polar surface area (TPSA) is 51.8 Å².